The molecule has 0 unspecified atom stereocenters. The number of nitrogens with two attached hydrogens (primary N) is 2. The van der Waals surface area contributed by atoms with Gasteiger partial charge in [0.25, 0.3) is 0 Å². The van der Waals surface area contributed by atoms with Gasteiger partial charge in [0.2, 0.25) is 0 Å². The maximum absolute atomic E-state index is 10.4. The molecule has 0 aliphatic heterocycles. The topological polar surface area (TPSA) is 92.6 Å². The Morgan fingerprint density at radius 3 is 2.06 bits per heavy atom. The summed E-state index contributed by atoms with van der Waals surface area (Å²) in [6.45, 7) is 4.21. The minimum absolute atomic E-state index is 0.246. The summed E-state index contributed by atoms with van der Waals surface area (Å²) in [6.07, 6.45) is 4.03. The number of rotatable bonds is 11. The van der Waals surface area contributed by atoms with Crippen molar-refractivity contribution in [1.29, 1.82) is 0 Å². The van der Waals surface area contributed by atoms with Crippen molar-refractivity contribution in [2.24, 2.45) is 11.5 Å². The van der Waals surface area contributed by atoms with Gasteiger partial charge < -0.3 is 21.5 Å². The van der Waals surface area contributed by atoms with Crippen molar-refractivity contribution in [2.45, 2.75) is 32.1 Å². The van der Waals surface area contributed by atoms with Gasteiger partial charge in [-0.2, -0.15) is 0 Å². The molecule has 96 valence electrons. The molecule has 0 aromatic carbocycles. The maximum atomic E-state index is 10.4. The van der Waals surface area contributed by atoms with E-state index >= 15 is 0 Å². The lowest BCUT2D eigenvalue weighted by atomic mass is 10.2. The molecular formula is C11H25N3O2. The van der Waals surface area contributed by atoms with Gasteiger partial charge in [0, 0.05) is 6.42 Å². The average molecular weight is 231 g/mol. The van der Waals surface area contributed by atoms with Crippen molar-refractivity contribution in [3.63, 3.8) is 0 Å². The second-order valence-corrected chi connectivity index (χ2v) is 3.98. The molecule has 5 N–H and O–H groups in total. The van der Waals surface area contributed by atoms with Gasteiger partial charge in [-0.3, -0.25) is 4.79 Å². The van der Waals surface area contributed by atoms with Crippen molar-refractivity contribution in [3.8, 4) is 0 Å². The summed E-state index contributed by atoms with van der Waals surface area (Å²) >= 11 is 0. The van der Waals surface area contributed by atoms with Crippen LogP contribution in [0.4, 0.5) is 0 Å². The first-order valence-electron chi connectivity index (χ1n) is 6.05. The van der Waals surface area contributed by atoms with E-state index in [4.69, 9.17) is 16.6 Å². The second kappa shape index (κ2) is 10.9. The lowest BCUT2D eigenvalue weighted by Crippen LogP contribution is -2.29. The summed E-state index contributed by atoms with van der Waals surface area (Å²) in [5.74, 6) is -0.722. The molecule has 16 heavy (non-hydrogen) atoms. The van der Waals surface area contributed by atoms with Gasteiger partial charge in [-0.05, 0) is 58.4 Å². The van der Waals surface area contributed by atoms with Gasteiger partial charge in [0.15, 0.2) is 0 Å². The first kappa shape index (κ1) is 15.3. The highest BCUT2D eigenvalue weighted by Crippen LogP contribution is 2.00. The Morgan fingerprint density at radius 2 is 1.50 bits per heavy atom. The van der Waals surface area contributed by atoms with E-state index in [9.17, 15) is 4.79 Å². The van der Waals surface area contributed by atoms with Crippen LogP contribution in [0.5, 0.6) is 0 Å². The third-order valence-corrected chi connectivity index (χ3v) is 2.47. The van der Waals surface area contributed by atoms with Gasteiger partial charge in [-0.1, -0.05) is 0 Å². The number of carboxylic acid groups (broad SMARTS) is 1. The lowest BCUT2D eigenvalue weighted by molar-refractivity contribution is -0.137. The first-order chi connectivity index (χ1) is 7.70. The van der Waals surface area contributed by atoms with Crippen LogP contribution in [-0.2, 0) is 4.79 Å². The fraction of sp³-hybridized carbons (Fsp3) is 0.909. The van der Waals surface area contributed by atoms with E-state index in [0.717, 1.165) is 45.4 Å². The highest BCUT2D eigenvalue weighted by Gasteiger charge is 2.05. The molecule has 0 amide bonds. The molecule has 0 heterocycles. The third kappa shape index (κ3) is 9.89. The molecule has 0 aromatic heterocycles. The molecule has 0 saturated heterocycles. The van der Waals surface area contributed by atoms with Crippen LogP contribution in [-0.4, -0.2) is 48.7 Å². The maximum Gasteiger partial charge on any atom is 0.303 e. The van der Waals surface area contributed by atoms with Crippen LogP contribution in [0.1, 0.15) is 32.1 Å². The van der Waals surface area contributed by atoms with Gasteiger partial charge in [0.05, 0.1) is 0 Å². The lowest BCUT2D eigenvalue weighted by Gasteiger charge is -2.21. The molecule has 5 nitrogen and oxygen atoms in total. The highest BCUT2D eigenvalue weighted by molar-refractivity contribution is 5.66. The van der Waals surface area contributed by atoms with Gasteiger partial charge in [-0.25, -0.2) is 0 Å². The standard InChI is InChI=1S/C11H25N3O2/c12-6-1-2-8-14(10-4-7-13)9-3-5-11(15)16/h1-10,12-13H2,(H,15,16). The average Bonchev–Trinajstić information content (AvgIpc) is 2.25. The zero-order chi connectivity index (χ0) is 12.2. The van der Waals surface area contributed by atoms with Crippen LogP contribution >= 0.6 is 0 Å². The van der Waals surface area contributed by atoms with Gasteiger partial charge in [0.1, 0.15) is 0 Å². The van der Waals surface area contributed by atoms with E-state index in [2.05, 4.69) is 4.90 Å². The first-order valence-corrected chi connectivity index (χ1v) is 6.05. The SMILES string of the molecule is NCCCCN(CCCN)CCCC(=O)O. The zero-order valence-electron chi connectivity index (χ0n) is 10.0. The molecule has 0 fully saturated rings. The molecule has 0 aromatic rings. The van der Waals surface area contributed by atoms with Crippen molar-refractivity contribution in [1.82, 2.24) is 4.90 Å². The van der Waals surface area contributed by atoms with Crippen molar-refractivity contribution in [2.75, 3.05) is 32.7 Å². The zero-order valence-corrected chi connectivity index (χ0v) is 10.0. The smallest absolute Gasteiger partial charge is 0.303 e. The van der Waals surface area contributed by atoms with Crippen LogP contribution in [0.15, 0.2) is 0 Å². The van der Waals surface area contributed by atoms with E-state index in [1.165, 1.54) is 0 Å². The minimum Gasteiger partial charge on any atom is -0.481 e. The van der Waals surface area contributed by atoms with Crippen LogP contribution < -0.4 is 11.5 Å². The van der Waals surface area contributed by atoms with E-state index in [0.29, 0.717) is 13.0 Å². The number of carboxylic acids is 1. The molecule has 0 aliphatic carbocycles. The normalized spacial score (nSPS) is 10.9. The molecule has 0 saturated carbocycles. The number of hydrogen-bond acceptors (Lipinski definition) is 4. The number of aliphatic carboxylic acids is 1. The number of unbranched alkanes of at least 4 members (excludes halogenated alkanes) is 1. The van der Waals surface area contributed by atoms with Crippen LogP contribution in [0.25, 0.3) is 0 Å². The van der Waals surface area contributed by atoms with E-state index in [1.807, 2.05) is 0 Å². The summed E-state index contributed by atoms with van der Waals surface area (Å²) in [6, 6.07) is 0. The Hall–Kier alpha value is -0.650. The van der Waals surface area contributed by atoms with Gasteiger partial charge >= 0.3 is 5.97 Å². The Morgan fingerprint density at radius 1 is 0.938 bits per heavy atom. The number of hydrogen-bond donors (Lipinski definition) is 3. The molecule has 0 spiro atoms. The number of carbonyl (C=O) groups is 1. The Kier molecular flexibility index (Phi) is 10.4. The molecule has 0 rings (SSSR count). The second-order valence-electron chi connectivity index (χ2n) is 3.98. The summed E-state index contributed by atoms with van der Waals surface area (Å²) in [5.41, 5.74) is 10.9. The van der Waals surface area contributed by atoms with Crippen molar-refractivity contribution < 1.29 is 9.90 Å². The largest absolute Gasteiger partial charge is 0.481 e. The number of nitrogens with zero attached hydrogens (tertiary/aromatic N) is 1. The van der Waals surface area contributed by atoms with E-state index in [1.54, 1.807) is 0 Å². The third-order valence-electron chi connectivity index (χ3n) is 2.47. The van der Waals surface area contributed by atoms with Crippen molar-refractivity contribution in [3.05, 3.63) is 0 Å². The summed E-state index contributed by atoms with van der Waals surface area (Å²) in [4.78, 5) is 12.7. The van der Waals surface area contributed by atoms with Crippen LogP contribution in [0.2, 0.25) is 0 Å². The molecule has 0 bridgehead atoms. The molecular weight excluding hydrogens is 206 g/mol. The van der Waals surface area contributed by atoms with E-state index in [-0.39, 0.29) is 6.42 Å². The fourth-order valence-electron chi connectivity index (χ4n) is 1.58. The Bertz CT molecular complexity index is 177. The molecule has 0 aliphatic rings. The predicted molar refractivity (Wildman–Crippen MR) is 65.3 cm³/mol. The summed E-state index contributed by atoms with van der Waals surface area (Å²) in [5, 5.41) is 8.56. The van der Waals surface area contributed by atoms with E-state index < -0.39 is 5.97 Å². The van der Waals surface area contributed by atoms with Gasteiger partial charge in [-0.15, -0.1) is 0 Å². The fourth-order valence-corrected chi connectivity index (χ4v) is 1.58. The highest BCUT2D eigenvalue weighted by atomic mass is 16.4. The summed E-state index contributed by atoms with van der Waals surface area (Å²) < 4.78 is 0. The molecule has 0 atom stereocenters. The minimum atomic E-state index is -0.722. The molecule has 5 heteroatoms. The predicted octanol–water partition coefficient (Wildman–Crippen LogP) is 0.241. The van der Waals surface area contributed by atoms with Crippen molar-refractivity contribution >= 4 is 5.97 Å². The Balaban J connectivity index is 3.66. The van der Waals surface area contributed by atoms with Crippen LogP contribution in [0, 0.1) is 0 Å². The monoisotopic (exact) mass is 231 g/mol. The Labute approximate surface area is 97.8 Å². The van der Waals surface area contributed by atoms with Crippen LogP contribution in [0.3, 0.4) is 0 Å². The summed E-state index contributed by atoms with van der Waals surface area (Å²) in [7, 11) is 0. The molecule has 0 radical (unpaired) electrons. The quantitative estimate of drug-likeness (QED) is 0.443.